The van der Waals surface area contributed by atoms with Gasteiger partial charge in [0.25, 0.3) is 0 Å². The summed E-state index contributed by atoms with van der Waals surface area (Å²) in [5, 5.41) is 8.51. The lowest BCUT2D eigenvalue weighted by Crippen LogP contribution is -2.04. The molecule has 1 rings (SSSR count). The van der Waals surface area contributed by atoms with Gasteiger partial charge >= 0.3 is 6.61 Å². The summed E-state index contributed by atoms with van der Waals surface area (Å²) in [6.45, 7) is -3.11. The second-order valence-corrected chi connectivity index (χ2v) is 2.47. The molecule has 0 fully saturated rings. The third kappa shape index (κ3) is 2.47. The van der Waals surface area contributed by atoms with E-state index in [1.807, 2.05) is 0 Å². The number of hydrogen-bond acceptors (Lipinski definition) is 3. The van der Waals surface area contributed by atoms with Gasteiger partial charge in [-0.2, -0.15) is 14.0 Å². The zero-order valence-electron chi connectivity index (χ0n) is 7.21. The van der Waals surface area contributed by atoms with Crippen molar-refractivity contribution in [2.75, 3.05) is 0 Å². The Hall–Kier alpha value is -2.03. The Morgan fingerprint density at radius 3 is 2.60 bits per heavy atom. The molecule has 0 aliphatic heterocycles. The number of rotatable bonds is 3. The van der Waals surface area contributed by atoms with E-state index < -0.39 is 23.7 Å². The molecule has 3 nitrogen and oxygen atoms in total. The van der Waals surface area contributed by atoms with Crippen LogP contribution in [0.1, 0.15) is 15.9 Å². The number of nitriles is 1. The molecule has 0 aromatic heterocycles. The molecule has 0 unspecified atom stereocenters. The van der Waals surface area contributed by atoms with Gasteiger partial charge in [0.2, 0.25) is 0 Å². The minimum Gasteiger partial charge on any atom is -0.435 e. The minimum atomic E-state index is -3.11. The Kier molecular flexibility index (Phi) is 3.29. The molecule has 0 N–H and O–H groups in total. The molecular weight excluding hydrogens is 211 g/mol. The number of carbonyl (C=O) groups excluding carboxylic acids is 1. The highest BCUT2D eigenvalue weighted by atomic mass is 19.3. The molecule has 1 aromatic carbocycles. The number of nitrogens with zero attached hydrogens (tertiary/aromatic N) is 1. The van der Waals surface area contributed by atoms with Crippen molar-refractivity contribution >= 4 is 6.29 Å². The van der Waals surface area contributed by atoms with Crippen molar-refractivity contribution in [2.24, 2.45) is 0 Å². The molecule has 0 aliphatic carbocycles. The van der Waals surface area contributed by atoms with Crippen LogP contribution in [-0.4, -0.2) is 12.9 Å². The van der Waals surface area contributed by atoms with Gasteiger partial charge in [0.15, 0.2) is 6.29 Å². The summed E-state index contributed by atoms with van der Waals surface area (Å²) in [7, 11) is 0. The van der Waals surface area contributed by atoms with E-state index >= 15 is 0 Å². The number of benzene rings is 1. The normalized spacial score (nSPS) is 9.80. The molecular formula is C9H4F3NO2. The summed E-state index contributed by atoms with van der Waals surface area (Å²) in [6, 6.07) is 3.00. The van der Waals surface area contributed by atoms with Crippen LogP contribution in [-0.2, 0) is 0 Å². The van der Waals surface area contributed by atoms with Crippen LogP contribution in [0.2, 0.25) is 0 Å². The van der Waals surface area contributed by atoms with Gasteiger partial charge in [0, 0.05) is 6.07 Å². The number of alkyl halides is 2. The number of halogens is 3. The topological polar surface area (TPSA) is 50.1 Å². The number of carbonyl (C=O) groups is 1. The zero-order valence-corrected chi connectivity index (χ0v) is 7.21. The first-order valence-corrected chi connectivity index (χ1v) is 3.72. The van der Waals surface area contributed by atoms with Gasteiger partial charge in [-0.3, -0.25) is 4.79 Å². The monoisotopic (exact) mass is 215 g/mol. The van der Waals surface area contributed by atoms with Crippen molar-refractivity contribution in [3.8, 4) is 11.8 Å². The molecule has 0 saturated carbocycles. The molecule has 0 heterocycles. The predicted molar refractivity (Wildman–Crippen MR) is 43.1 cm³/mol. The fourth-order valence-corrected chi connectivity index (χ4v) is 0.976. The fourth-order valence-electron chi connectivity index (χ4n) is 0.976. The molecule has 15 heavy (non-hydrogen) atoms. The fraction of sp³-hybridized carbons (Fsp3) is 0.111. The Balaban J connectivity index is 3.21. The summed E-state index contributed by atoms with van der Waals surface area (Å²) < 4.78 is 40.5. The van der Waals surface area contributed by atoms with Gasteiger partial charge in [0.1, 0.15) is 17.6 Å². The van der Waals surface area contributed by atoms with Crippen LogP contribution in [0.25, 0.3) is 0 Å². The SMILES string of the molecule is N#Cc1cc(OC(F)F)cc(F)c1C=O. The van der Waals surface area contributed by atoms with Crippen molar-refractivity contribution in [1.82, 2.24) is 0 Å². The highest BCUT2D eigenvalue weighted by Gasteiger charge is 2.13. The van der Waals surface area contributed by atoms with Crippen LogP contribution >= 0.6 is 0 Å². The van der Waals surface area contributed by atoms with Crippen molar-refractivity contribution in [2.45, 2.75) is 6.61 Å². The van der Waals surface area contributed by atoms with Crippen LogP contribution in [0, 0.1) is 17.1 Å². The van der Waals surface area contributed by atoms with Gasteiger partial charge in [-0.25, -0.2) is 4.39 Å². The van der Waals surface area contributed by atoms with Crippen molar-refractivity contribution < 1.29 is 22.7 Å². The lowest BCUT2D eigenvalue weighted by atomic mass is 10.1. The highest BCUT2D eigenvalue weighted by Crippen LogP contribution is 2.21. The van der Waals surface area contributed by atoms with Crippen LogP contribution in [0.5, 0.6) is 5.75 Å². The quantitative estimate of drug-likeness (QED) is 0.725. The average molecular weight is 215 g/mol. The molecule has 1 aromatic rings. The molecule has 0 spiro atoms. The standard InChI is InChI=1S/C9H4F3NO2/c10-8-2-6(15-9(11)12)1-5(3-13)7(8)4-14/h1-2,4,9H. The van der Waals surface area contributed by atoms with Gasteiger partial charge < -0.3 is 4.74 Å². The van der Waals surface area contributed by atoms with Crippen LogP contribution in [0.15, 0.2) is 12.1 Å². The molecule has 0 radical (unpaired) electrons. The first kappa shape index (κ1) is 11.0. The maximum absolute atomic E-state index is 13.0. The first-order valence-electron chi connectivity index (χ1n) is 3.72. The summed E-state index contributed by atoms with van der Waals surface area (Å²) >= 11 is 0. The number of aldehydes is 1. The summed E-state index contributed by atoms with van der Waals surface area (Å²) in [5.41, 5.74) is -0.820. The van der Waals surface area contributed by atoms with E-state index in [1.165, 1.54) is 6.07 Å². The van der Waals surface area contributed by atoms with E-state index in [-0.39, 0.29) is 11.8 Å². The second-order valence-electron chi connectivity index (χ2n) is 2.47. The van der Waals surface area contributed by atoms with Crippen molar-refractivity contribution in [3.63, 3.8) is 0 Å². The van der Waals surface area contributed by atoms with Gasteiger partial charge in [-0.15, -0.1) is 0 Å². The predicted octanol–water partition coefficient (Wildman–Crippen LogP) is 2.11. The minimum absolute atomic E-state index is 0.139. The number of ether oxygens (including phenoxy) is 1. The molecule has 0 saturated heterocycles. The molecule has 0 aliphatic rings. The van der Waals surface area contributed by atoms with Gasteiger partial charge in [-0.05, 0) is 6.07 Å². The molecule has 6 heteroatoms. The lowest BCUT2D eigenvalue weighted by molar-refractivity contribution is -0.0500. The summed E-state index contributed by atoms with van der Waals surface area (Å²) in [5.74, 6) is -1.57. The van der Waals surface area contributed by atoms with Crippen molar-refractivity contribution in [3.05, 3.63) is 29.1 Å². The Labute approximate surface area is 82.7 Å². The third-order valence-electron chi connectivity index (χ3n) is 1.57. The van der Waals surface area contributed by atoms with Crippen LogP contribution in [0.4, 0.5) is 13.2 Å². The lowest BCUT2D eigenvalue weighted by Gasteiger charge is -2.06. The smallest absolute Gasteiger partial charge is 0.387 e. The third-order valence-corrected chi connectivity index (χ3v) is 1.57. The summed E-state index contributed by atoms with van der Waals surface area (Å²) in [4.78, 5) is 10.4. The molecule has 78 valence electrons. The van der Waals surface area contributed by atoms with E-state index in [2.05, 4.69) is 4.74 Å². The maximum Gasteiger partial charge on any atom is 0.387 e. The number of hydrogen-bond donors (Lipinski definition) is 0. The van der Waals surface area contributed by atoms with Gasteiger partial charge in [-0.1, -0.05) is 0 Å². The van der Waals surface area contributed by atoms with E-state index in [1.54, 1.807) is 0 Å². The molecule has 0 bridgehead atoms. The average Bonchev–Trinajstić information content (AvgIpc) is 2.15. The molecule has 0 atom stereocenters. The Morgan fingerprint density at radius 1 is 1.47 bits per heavy atom. The first-order chi connectivity index (χ1) is 7.08. The maximum atomic E-state index is 13.0. The van der Waals surface area contributed by atoms with E-state index in [9.17, 15) is 18.0 Å². The Bertz CT molecular complexity index is 426. The van der Waals surface area contributed by atoms with E-state index in [4.69, 9.17) is 5.26 Å². The summed E-state index contributed by atoms with van der Waals surface area (Å²) in [6.07, 6.45) is 0.139. The van der Waals surface area contributed by atoms with Crippen LogP contribution < -0.4 is 4.74 Å². The van der Waals surface area contributed by atoms with Crippen LogP contribution in [0.3, 0.4) is 0 Å². The molecule has 0 amide bonds. The second kappa shape index (κ2) is 4.46. The Morgan fingerprint density at radius 2 is 2.13 bits per heavy atom. The largest absolute Gasteiger partial charge is 0.435 e. The highest BCUT2D eigenvalue weighted by molar-refractivity contribution is 5.80. The van der Waals surface area contributed by atoms with E-state index in [0.717, 1.165) is 6.07 Å². The zero-order chi connectivity index (χ0) is 11.4. The van der Waals surface area contributed by atoms with Crippen molar-refractivity contribution in [1.29, 1.82) is 5.26 Å². The van der Waals surface area contributed by atoms with E-state index in [0.29, 0.717) is 6.07 Å². The van der Waals surface area contributed by atoms with Gasteiger partial charge in [0.05, 0.1) is 11.1 Å².